The lowest BCUT2D eigenvalue weighted by molar-refractivity contribution is 0.0917. The topological polar surface area (TPSA) is 107 Å². The Hall–Kier alpha value is -3.67. The van der Waals surface area contributed by atoms with Crippen molar-refractivity contribution < 1.29 is 27.4 Å². The summed E-state index contributed by atoms with van der Waals surface area (Å²) in [6.45, 7) is 1.04. The maximum Gasteiger partial charge on any atom is 0.261 e. The van der Waals surface area contributed by atoms with Gasteiger partial charge in [-0.25, -0.2) is 13.4 Å². The molecule has 0 aliphatic carbocycles. The molecule has 11 heteroatoms. The van der Waals surface area contributed by atoms with Crippen molar-refractivity contribution in [3.05, 3.63) is 72.3 Å². The molecule has 9 nitrogen and oxygen atoms in total. The fraction of sp³-hybridized carbons (Fsp3) is 0.259. The van der Waals surface area contributed by atoms with Gasteiger partial charge in [0.1, 0.15) is 17.0 Å². The molecule has 1 aromatic heterocycles. The van der Waals surface area contributed by atoms with E-state index in [4.69, 9.17) is 19.2 Å². The van der Waals surface area contributed by atoms with Crippen LogP contribution in [-0.4, -0.2) is 52.8 Å². The van der Waals surface area contributed by atoms with Crippen molar-refractivity contribution in [1.29, 1.82) is 0 Å². The predicted octanol–water partition coefficient (Wildman–Crippen LogP) is 4.94. The average Bonchev–Trinajstić information content (AvgIpc) is 3.61. The van der Waals surface area contributed by atoms with Gasteiger partial charge in [-0.15, -0.1) is 0 Å². The number of carbonyl (C=O) groups excluding carboxylic acids is 1. The van der Waals surface area contributed by atoms with Gasteiger partial charge in [0.05, 0.1) is 36.5 Å². The van der Waals surface area contributed by atoms with E-state index in [1.165, 1.54) is 30.6 Å². The van der Waals surface area contributed by atoms with Gasteiger partial charge in [-0.05, 0) is 73.5 Å². The Bertz CT molecular complexity index is 1530. The molecule has 2 heterocycles. The van der Waals surface area contributed by atoms with E-state index < -0.39 is 10.0 Å². The maximum atomic E-state index is 13.7. The minimum atomic E-state index is -3.81. The van der Waals surface area contributed by atoms with Gasteiger partial charge in [-0.3, -0.25) is 14.4 Å². The molecule has 1 amide bonds. The first-order chi connectivity index (χ1) is 18.4. The minimum absolute atomic E-state index is 0.0802. The van der Waals surface area contributed by atoms with Crippen LogP contribution in [0.2, 0.25) is 0 Å². The van der Waals surface area contributed by atoms with E-state index in [1.54, 1.807) is 48.4 Å². The molecule has 1 atom stereocenters. The molecule has 0 radical (unpaired) electrons. The van der Waals surface area contributed by atoms with Gasteiger partial charge in [0.15, 0.2) is 5.13 Å². The molecule has 198 valence electrons. The van der Waals surface area contributed by atoms with E-state index in [9.17, 15) is 13.2 Å². The van der Waals surface area contributed by atoms with Gasteiger partial charge >= 0.3 is 0 Å². The van der Waals surface area contributed by atoms with Crippen LogP contribution in [-0.2, 0) is 14.8 Å². The molecule has 1 fully saturated rings. The van der Waals surface area contributed by atoms with Crippen LogP contribution in [0.15, 0.2) is 71.6 Å². The van der Waals surface area contributed by atoms with Crippen molar-refractivity contribution >= 4 is 48.3 Å². The number of sulfonamides is 1. The van der Waals surface area contributed by atoms with Gasteiger partial charge in [0.2, 0.25) is 0 Å². The number of thiazole rings is 1. The molecule has 0 saturated carbocycles. The first-order valence-corrected chi connectivity index (χ1v) is 14.3. The summed E-state index contributed by atoms with van der Waals surface area (Å²) in [5, 5.41) is 0.550. The van der Waals surface area contributed by atoms with E-state index in [0.717, 1.165) is 17.5 Å². The normalized spacial score (nSPS) is 15.4. The van der Waals surface area contributed by atoms with Crippen LogP contribution in [0, 0.1) is 0 Å². The van der Waals surface area contributed by atoms with Crippen LogP contribution < -0.4 is 19.1 Å². The van der Waals surface area contributed by atoms with Crippen LogP contribution in [0.5, 0.6) is 11.5 Å². The van der Waals surface area contributed by atoms with Crippen LogP contribution in [0.25, 0.3) is 10.2 Å². The first-order valence-electron chi connectivity index (χ1n) is 12.0. The summed E-state index contributed by atoms with van der Waals surface area (Å²) >= 11 is 1.41. The Morgan fingerprint density at radius 3 is 2.50 bits per heavy atom. The van der Waals surface area contributed by atoms with Gasteiger partial charge in [-0.2, -0.15) is 0 Å². The molecule has 1 unspecified atom stereocenters. The zero-order valence-electron chi connectivity index (χ0n) is 20.9. The van der Waals surface area contributed by atoms with E-state index in [-0.39, 0.29) is 16.9 Å². The van der Waals surface area contributed by atoms with Gasteiger partial charge < -0.3 is 14.2 Å². The van der Waals surface area contributed by atoms with Gasteiger partial charge in [-0.1, -0.05) is 17.4 Å². The molecule has 5 rings (SSSR count). The third kappa shape index (κ3) is 5.45. The molecule has 38 heavy (non-hydrogen) atoms. The second-order valence-electron chi connectivity index (χ2n) is 8.71. The molecule has 1 aliphatic heterocycles. The summed E-state index contributed by atoms with van der Waals surface area (Å²) in [7, 11) is -0.701. The summed E-state index contributed by atoms with van der Waals surface area (Å²) in [6.07, 6.45) is 1.73. The van der Waals surface area contributed by atoms with Gasteiger partial charge in [0, 0.05) is 17.9 Å². The average molecular weight is 554 g/mol. The van der Waals surface area contributed by atoms with E-state index in [2.05, 4.69) is 4.72 Å². The second kappa shape index (κ2) is 11.0. The molecule has 1 N–H and O–H groups in total. The molecule has 0 bridgehead atoms. The quantitative estimate of drug-likeness (QED) is 0.313. The van der Waals surface area contributed by atoms with Crippen LogP contribution in [0.1, 0.15) is 23.2 Å². The number of hydrogen-bond acceptors (Lipinski definition) is 8. The summed E-state index contributed by atoms with van der Waals surface area (Å²) < 4.78 is 45.4. The van der Waals surface area contributed by atoms with Crippen molar-refractivity contribution in [1.82, 2.24) is 4.98 Å². The van der Waals surface area contributed by atoms with E-state index in [0.29, 0.717) is 46.5 Å². The lowest BCUT2D eigenvalue weighted by atomic mass is 10.1. The minimum Gasteiger partial charge on any atom is -0.497 e. The summed E-state index contributed by atoms with van der Waals surface area (Å²) in [6, 6.07) is 18.1. The maximum absolute atomic E-state index is 13.7. The molecule has 1 aliphatic rings. The highest BCUT2D eigenvalue weighted by Gasteiger charge is 2.27. The largest absolute Gasteiger partial charge is 0.497 e. The SMILES string of the molecule is COc1ccc(S(=O)(=O)Nc2ccc(C(=O)N(CC3CCCO3)c3nc4c(OC)cccc4s3)cc2)cc1. The van der Waals surface area contributed by atoms with E-state index in [1.807, 2.05) is 18.2 Å². The summed E-state index contributed by atoms with van der Waals surface area (Å²) in [4.78, 5) is 20.2. The zero-order chi connectivity index (χ0) is 26.7. The molecule has 3 aromatic carbocycles. The molecular formula is C27H27N3O6S2. The fourth-order valence-electron chi connectivity index (χ4n) is 4.24. The monoisotopic (exact) mass is 553 g/mol. The Morgan fingerprint density at radius 1 is 1.08 bits per heavy atom. The first kappa shape index (κ1) is 26.0. The standard InChI is InChI=1S/C27H27N3O6S2/c1-34-20-12-14-22(15-13-20)38(32,33)29-19-10-8-18(9-11-19)26(31)30(17-21-5-4-16-36-21)27-28-25-23(35-2)6-3-7-24(25)37-27/h3,6-15,21,29H,4-5,16-17H2,1-2H3. The zero-order valence-corrected chi connectivity index (χ0v) is 22.6. The van der Waals surface area contributed by atoms with Crippen molar-refractivity contribution in [3.8, 4) is 11.5 Å². The molecular weight excluding hydrogens is 526 g/mol. The highest BCUT2D eigenvalue weighted by Crippen LogP contribution is 2.35. The number of ether oxygens (including phenoxy) is 3. The van der Waals surface area contributed by atoms with Crippen LogP contribution in [0.4, 0.5) is 10.8 Å². The Morgan fingerprint density at radius 2 is 1.84 bits per heavy atom. The molecule has 4 aromatic rings. The van der Waals surface area contributed by atoms with Crippen LogP contribution in [0.3, 0.4) is 0 Å². The Labute approximate surface area is 225 Å². The van der Waals surface area contributed by atoms with Crippen molar-refractivity contribution in [2.24, 2.45) is 0 Å². The number of amides is 1. The number of aromatic nitrogens is 1. The summed E-state index contributed by atoms with van der Waals surface area (Å²) in [5.41, 5.74) is 1.44. The number of benzene rings is 3. The molecule has 1 saturated heterocycles. The number of rotatable bonds is 9. The number of carbonyl (C=O) groups is 1. The molecule has 0 spiro atoms. The van der Waals surface area contributed by atoms with Crippen molar-refractivity contribution in [2.75, 3.05) is 37.0 Å². The number of anilines is 2. The fourth-order valence-corrected chi connectivity index (χ4v) is 6.29. The Kier molecular flexibility index (Phi) is 7.50. The number of hydrogen-bond donors (Lipinski definition) is 1. The number of fused-ring (bicyclic) bond motifs is 1. The summed E-state index contributed by atoms with van der Waals surface area (Å²) in [5.74, 6) is 0.956. The van der Waals surface area contributed by atoms with Crippen LogP contribution >= 0.6 is 11.3 Å². The second-order valence-corrected chi connectivity index (χ2v) is 11.4. The van der Waals surface area contributed by atoms with Crippen molar-refractivity contribution in [3.63, 3.8) is 0 Å². The number of methoxy groups -OCH3 is 2. The predicted molar refractivity (Wildman–Crippen MR) is 147 cm³/mol. The number of nitrogens with zero attached hydrogens (tertiary/aromatic N) is 2. The smallest absolute Gasteiger partial charge is 0.261 e. The highest BCUT2D eigenvalue weighted by atomic mass is 32.2. The van der Waals surface area contributed by atoms with Gasteiger partial charge in [0.25, 0.3) is 15.9 Å². The third-order valence-corrected chi connectivity index (χ3v) is 8.67. The Balaban J connectivity index is 1.39. The lowest BCUT2D eigenvalue weighted by Gasteiger charge is -2.23. The van der Waals surface area contributed by atoms with E-state index >= 15 is 0 Å². The third-order valence-electron chi connectivity index (χ3n) is 6.23. The number of para-hydroxylation sites is 1. The number of nitrogens with one attached hydrogen (secondary N) is 1. The lowest BCUT2D eigenvalue weighted by Crippen LogP contribution is -2.37. The highest BCUT2D eigenvalue weighted by molar-refractivity contribution is 7.92. The van der Waals surface area contributed by atoms with Crippen molar-refractivity contribution in [2.45, 2.75) is 23.8 Å².